The van der Waals surface area contributed by atoms with E-state index in [1.807, 2.05) is 13.0 Å². The maximum atomic E-state index is 16.7. The molecule has 334 valence electrons. The van der Waals surface area contributed by atoms with Crippen molar-refractivity contribution in [1.82, 2.24) is 44.9 Å². The number of nitrogens with zero attached hydrogens (tertiary/aromatic N) is 5. The van der Waals surface area contributed by atoms with Crippen LogP contribution >= 0.6 is 0 Å². The topological polar surface area (TPSA) is 189 Å². The van der Waals surface area contributed by atoms with Crippen LogP contribution in [0.5, 0.6) is 5.75 Å². The van der Waals surface area contributed by atoms with Crippen molar-refractivity contribution in [2.45, 2.75) is 90.2 Å². The van der Waals surface area contributed by atoms with E-state index in [1.54, 1.807) is 75.0 Å². The highest BCUT2D eigenvalue weighted by molar-refractivity contribution is 5.93. The highest BCUT2D eigenvalue weighted by atomic mass is 19.1. The Kier molecular flexibility index (Phi) is 11.6. The first-order valence-corrected chi connectivity index (χ1v) is 20.9. The van der Waals surface area contributed by atoms with Gasteiger partial charge in [-0.1, -0.05) is 39.8 Å². The maximum absolute atomic E-state index is 16.7. The van der Waals surface area contributed by atoms with Crippen molar-refractivity contribution in [3.63, 3.8) is 0 Å². The molecule has 1 unspecified atom stereocenters. The Morgan fingerprint density at radius 2 is 1.27 bits per heavy atom. The van der Waals surface area contributed by atoms with Crippen LogP contribution in [-0.4, -0.2) is 110 Å². The lowest BCUT2D eigenvalue weighted by molar-refractivity contribution is -0.136. The summed E-state index contributed by atoms with van der Waals surface area (Å²) >= 11 is 0. The lowest BCUT2D eigenvalue weighted by atomic mass is 10.0. The largest absolute Gasteiger partial charge is 0.470 e. The molecule has 3 aliphatic heterocycles. The molecule has 2 saturated heterocycles. The quantitative estimate of drug-likeness (QED) is 0.113. The molecule has 0 saturated carbocycles. The molecular weight excluding hydrogens is 824 g/mol. The number of fused-ring (bicyclic) bond motifs is 5. The lowest BCUT2D eigenvalue weighted by Gasteiger charge is -2.29. The van der Waals surface area contributed by atoms with E-state index in [0.717, 1.165) is 0 Å². The average molecular weight is 874 g/mol. The van der Waals surface area contributed by atoms with Crippen LogP contribution < -0.4 is 15.4 Å². The zero-order valence-electron chi connectivity index (χ0n) is 35.9. The summed E-state index contributed by atoms with van der Waals surface area (Å²) in [5.74, 6) is -0.769. The van der Waals surface area contributed by atoms with E-state index in [9.17, 15) is 28.0 Å². The Hall–Kier alpha value is -6.53. The number of amides is 4. The van der Waals surface area contributed by atoms with Crippen LogP contribution in [-0.2, 0) is 19.1 Å². The first-order chi connectivity index (χ1) is 30.1. The van der Waals surface area contributed by atoms with Crippen LogP contribution in [0.4, 0.5) is 22.8 Å². The molecule has 0 aliphatic carbocycles. The van der Waals surface area contributed by atoms with E-state index in [1.165, 1.54) is 24.0 Å². The number of rotatable bonds is 10. The third-order valence-corrected chi connectivity index (χ3v) is 12.1. The molecule has 0 bridgehead atoms. The number of alkyl carbamates (subject to hydrolysis) is 2. The van der Waals surface area contributed by atoms with Gasteiger partial charge in [0.1, 0.15) is 41.8 Å². The minimum atomic E-state index is -1.30. The number of alkyl halides is 2. The number of aromatic amines is 2. The molecule has 16 nitrogen and oxygen atoms in total. The second kappa shape index (κ2) is 17.0. The molecule has 5 aromatic rings. The van der Waals surface area contributed by atoms with E-state index < -0.39 is 72.6 Å². The number of imidazole rings is 2. The third-order valence-electron chi connectivity index (χ3n) is 12.1. The van der Waals surface area contributed by atoms with Gasteiger partial charge in [-0.15, -0.1) is 0 Å². The Balaban J connectivity index is 1.04. The summed E-state index contributed by atoms with van der Waals surface area (Å²) in [7, 11) is 2.41. The van der Waals surface area contributed by atoms with Gasteiger partial charge in [-0.3, -0.25) is 9.59 Å². The molecule has 4 amide bonds. The van der Waals surface area contributed by atoms with Crippen molar-refractivity contribution in [2.24, 2.45) is 11.8 Å². The zero-order chi connectivity index (χ0) is 45.0. The normalized spacial score (nSPS) is 21.6. The number of nitrogens with one attached hydrogen (secondary N) is 4. The van der Waals surface area contributed by atoms with Crippen molar-refractivity contribution in [3.05, 3.63) is 66.3 Å². The second-order valence-corrected chi connectivity index (χ2v) is 17.0. The fourth-order valence-corrected chi connectivity index (χ4v) is 8.92. The Morgan fingerprint density at radius 1 is 0.778 bits per heavy atom. The van der Waals surface area contributed by atoms with Crippen LogP contribution in [0.2, 0.25) is 0 Å². The van der Waals surface area contributed by atoms with E-state index >= 15 is 4.39 Å². The number of likely N-dealkylation sites (tertiary alicyclic amines) is 2. The summed E-state index contributed by atoms with van der Waals surface area (Å²) in [4.78, 5) is 69.6. The summed E-state index contributed by atoms with van der Waals surface area (Å²) in [6.45, 7) is 8.61. The number of carbonyl (C=O) groups is 4. The van der Waals surface area contributed by atoms with Crippen molar-refractivity contribution in [2.75, 3.05) is 27.3 Å². The average Bonchev–Trinajstić information content (AvgIpc) is 4.11. The molecule has 2 aromatic carbocycles. The lowest BCUT2D eigenvalue weighted by Crippen LogP contribution is -2.51. The highest BCUT2D eigenvalue weighted by Gasteiger charge is 2.43. The van der Waals surface area contributed by atoms with E-state index in [2.05, 4.69) is 30.6 Å². The molecule has 19 heteroatoms. The Morgan fingerprint density at radius 3 is 1.76 bits per heavy atom. The van der Waals surface area contributed by atoms with Gasteiger partial charge in [0, 0.05) is 34.9 Å². The molecule has 3 aliphatic rings. The summed E-state index contributed by atoms with van der Waals surface area (Å²) < 4.78 is 64.1. The molecule has 8 rings (SSSR count). The first kappa shape index (κ1) is 43.1. The number of carbonyl (C=O) groups excluding carboxylic acids is 4. The summed E-state index contributed by atoms with van der Waals surface area (Å²) in [6.07, 6.45) is -1.53. The molecule has 0 spiro atoms. The number of benzene rings is 2. The molecule has 0 radical (unpaired) electrons. The molecule has 7 atom stereocenters. The van der Waals surface area contributed by atoms with Crippen LogP contribution in [0.3, 0.4) is 0 Å². The van der Waals surface area contributed by atoms with Crippen molar-refractivity contribution >= 4 is 34.9 Å². The molecular formula is C44H50F3N9O7. The number of methoxy groups -OCH3 is 2. The highest BCUT2D eigenvalue weighted by Crippen LogP contribution is 2.46. The number of hydrogen-bond acceptors (Lipinski definition) is 9. The predicted molar refractivity (Wildman–Crippen MR) is 224 cm³/mol. The monoisotopic (exact) mass is 873 g/mol. The predicted octanol–water partition coefficient (Wildman–Crippen LogP) is 7.12. The summed E-state index contributed by atoms with van der Waals surface area (Å²) in [6, 6.07) is 7.37. The van der Waals surface area contributed by atoms with Gasteiger partial charge in [0.05, 0.1) is 74.4 Å². The van der Waals surface area contributed by atoms with E-state index in [0.29, 0.717) is 62.1 Å². The van der Waals surface area contributed by atoms with Gasteiger partial charge in [-0.05, 0) is 43.0 Å². The molecule has 6 heterocycles. The minimum absolute atomic E-state index is 0.0122. The fraction of sp³-hybridized carbons (Fsp3) is 0.455. The van der Waals surface area contributed by atoms with Gasteiger partial charge >= 0.3 is 12.2 Å². The summed E-state index contributed by atoms with van der Waals surface area (Å²) in [5, 5.41) is 5.46. The van der Waals surface area contributed by atoms with Crippen molar-refractivity contribution in [3.8, 4) is 39.5 Å². The maximum Gasteiger partial charge on any atom is 0.407 e. The smallest absolute Gasteiger partial charge is 0.407 e. The SMILES string of the molecule is COC(=O)N[C@H](C(=O)N1C[C@H](F)C[C@H]1c1ncc(-c2ccc3c(c2)OC(C)n2c-3c(F)c3cc(-c4cnc([C@@H]5C[C@@H](F)CN5C(=O)[C@@H](NC(=O)OC)C(C)C)[nH]4)ccc32)[nH]1)C(C)C. The molecule has 4 N–H and O–H groups in total. The van der Waals surface area contributed by atoms with Gasteiger partial charge in [0.15, 0.2) is 12.0 Å². The molecule has 63 heavy (non-hydrogen) atoms. The first-order valence-electron chi connectivity index (χ1n) is 20.9. The van der Waals surface area contributed by atoms with Crippen molar-refractivity contribution in [1.29, 1.82) is 0 Å². The number of aromatic nitrogens is 5. The van der Waals surface area contributed by atoms with E-state index in [4.69, 9.17) is 14.2 Å². The van der Waals surface area contributed by atoms with Crippen LogP contribution in [0.1, 0.15) is 77.4 Å². The van der Waals surface area contributed by atoms with Crippen LogP contribution in [0, 0.1) is 17.7 Å². The number of halogens is 3. The Labute approximate surface area is 360 Å². The molecule has 2 fully saturated rings. The standard InChI is InChI=1S/C44H50F3N9O7/c1-20(2)36(52-43(59)61-6)41(57)54-18-25(45)14-32(54)39-48-16-29(50-39)23-9-11-31-28(12-23)35(47)38-27-10-8-24(13-34(27)63-22(5)56(31)38)30-17-49-40(51-30)33-15-26(46)19-55(33)42(58)37(21(3)4)53-44(60)62-7/h8-13,16-17,20-22,25-26,32-33,36-37H,14-15,18-19H2,1-7H3,(H,48,50)(H,49,51)(H,52,59)(H,53,60)/t22?,25-,26-,32+,33+,36+,37+/m1/s1. The zero-order valence-corrected chi connectivity index (χ0v) is 35.9. The van der Waals surface area contributed by atoms with Gasteiger partial charge in [-0.25, -0.2) is 32.7 Å². The number of ether oxygens (including phenoxy) is 3. The Bertz CT molecular complexity index is 2570. The second-order valence-electron chi connectivity index (χ2n) is 17.0. The number of H-pyrrole nitrogens is 2. The fourth-order valence-electron chi connectivity index (χ4n) is 8.92. The van der Waals surface area contributed by atoms with Gasteiger partial charge in [0.25, 0.3) is 0 Å². The minimum Gasteiger partial charge on any atom is -0.470 e. The van der Waals surface area contributed by atoms with E-state index in [-0.39, 0.29) is 37.8 Å². The van der Waals surface area contributed by atoms with Crippen molar-refractivity contribution < 1.29 is 46.6 Å². The number of hydrogen-bond donors (Lipinski definition) is 4. The van der Waals surface area contributed by atoms with Gasteiger partial charge in [-0.2, -0.15) is 0 Å². The molecule has 3 aromatic heterocycles. The third kappa shape index (κ3) is 7.92. The summed E-state index contributed by atoms with van der Waals surface area (Å²) in [5.41, 5.74) is 3.85. The van der Waals surface area contributed by atoms with Crippen LogP contribution in [0.15, 0.2) is 48.8 Å². The van der Waals surface area contributed by atoms with Gasteiger partial charge < -0.3 is 49.2 Å². The van der Waals surface area contributed by atoms with Crippen LogP contribution in [0.25, 0.3) is 44.7 Å². The van der Waals surface area contributed by atoms with Gasteiger partial charge in [0.2, 0.25) is 11.8 Å².